The topological polar surface area (TPSA) is 75.2 Å². The first kappa shape index (κ1) is 23.5. The van der Waals surface area contributed by atoms with Crippen LogP contribution in [-0.4, -0.2) is 61.1 Å². The molecule has 3 rings (SSSR count). The summed E-state index contributed by atoms with van der Waals surface area (Å²) >= 11 is 5.97. The molecule has 0 fully saturated rings. The van der Waals surface area contributed by atoms with Crippen LogP contribution in [-0.2, 0) is 6.61 Å². The number of nitriles is 1. The zero-order chi connectivity index (χ0) is 20.4. The van der Waals surface area contributed by atoms with Gasteiger partial charge in [-0.15, -0.1) is 0 Å². The van der Waals surface area contributed by atoms with Gasteiger partial charge in [-0.25, -0.2) is 13.2 Å². The minimum Gasteiger partial charge on any atom is -0.506 e. The normalized spacial score (nSPS) is 10.2. The van der Waals surface area contributed by atoms with Crippen molar-refractivity contribution in [3.8, 4) is 23.3 Å². The van der Waals surface area contributed by atoms with Crippen molar-refractivity contribution in [2.45, 2.75) is 6.61 Å². The Labute approximate surface area is 210 Å². The van der Waals surface area contributed by atoms with Crippen LogP contribution in [0, 0.1) is 28.8 Å². The van der Waals surface area contributed by atoms with Gasteiger partial charge in [-0.3, -0.25) is 9.36 Å². The number of ether oxygens (including phenoxy) is 1. The fourth-order valence-electron chi connectivity index (χ4n) is 2.46. The molecule has 0 spiro atoms. The van der Waals surface area contributed by atoms with Gasteiger partial charge in [0.2, 0.25) is 0 Å². The van der Waals surface area contributed by atoms with Gasteiger partial charge in [0.15, 0.2) is 5.82 Å². The van der Waals surface area contributed by atoms with Crippen molar-refractivity contribution >= 4 is 63.0 Å². The van der Waals surface area contributed by atoms with E-state index >= 15 is 0 Å². The van der Waals surface area contributed by atoms with Crippen molar-refractivity contribution in [1.29, 1.82) is 5.26 Å². The molecule has 0 bridgehead atoms. The van der Waals surface area contributed by atoms with Crippen LogP contribution in [0.1, 0.15) is 11.1 Å². The molecule has 3 aromatic rings. The molecule has 0 amide bonds. The second-order valence-electron chi connectivity index (χ2n) is 5.63. The first-order valence-electron chi connectivity index (χ1n) is 7.72. The summed E-state index contributed by atoms with van der Waals surface area (Å²) < 4.78 is 46.9. The molecular weight excluding hydrogens is 436 g/mol. The summed E-state index contributed by atoms with van der Waals surface area (Å²) in [6.45, 7) is -0.328. The summed E-state index contributed by atoms with van der Waals surface area (Å²) in [6, 6.07) is 7.69. The molecule has 0 saturated heterocycles. The Hall–Kier alpha value is -1.80. The first-order valence-corrected chi connectivity index (χ1v) is 8.10. The maximum Gasteiger partial charge on any atom is 0.277 e. The number of halogens is 4. The zero-order valence-corrected chi connectivity index (χ0v) is 18.8. The number of aromatic hydroxyl groups is 1. The predicted octanol–water partition coefficient (Wildman–Crippen LogP) is 3.68. The fraction of sp³-hybridized carbons (Fsp3) is 0.0526. The third-order valence-corrected chi connectivity index (χ3v) is 4.16. The third kappa shape index (κ3) is 5.03. The van der Waals surface area contributed by atoms with Gasteiger partial charge in [0.05, 0.1) is 11.6 Å². The van der Waals surface area contributed by atoms with Crippen molar-refractivity contribution in [3.63, 3.8) is 0 Å². The number of hydrogen-bond acceptors (Lipinski definition) is 4. The van der Waals surface area contributed by atoms with Gasteiger partial charge < -0.3 is 9.84 Å². The van der Waals surface area contributed by atoms with Crippen LogP contribution in [0.3, 0.4) is 0 Å². The van der Waals surface area contributed by atoms with Crippen LogP contribution >= 0.6 is 11.6 Å². The quantitative estimate of drug-likeness (QED) is 0.621. The third-order valence-electron chi connectivity index (χ3n) is 3.81. The maximum absolute atomic E-state index is 14.2. The summed E-state index contributed by atoms with van der Waals surface area (Å²) in [7, 11) is 0. The Balaban J connectivity index is 0.00000300. The van der Waals surface area contributed by atoms with E-state index in [1.165, 1.54) is 12.1 Å². The number of nitrogens with zero attached hydrogens (tertiary/aromatic N) is 2. The maximum atomic E-state index is 14.2. The standard InChI is InChI=1S/C19H10ClF3N2O3.K/c20-17-16(28-9-11-1-2-12(21)7-13(11)22)3-4-25(19(17)27)18-14(23)5-10(8-24)6-15(18)26;/h1-7,26H,9H2;. The molecule has 0 unspecified atom stereocenters. The van der Waals surface area contributed by atoms with Gasteiger partial charge in [-0.1, -0.05) is 11.6 Å². The molecule has 0 aliphatic rings. The summed E-state index contributed by atoms with van der Waals surface area (Å²) in [5.74, 6) is -3.31. The van der Waals surface area contributed by atoms with E-state index in [4.69, 9.17) is 21.6 Å². The number of aromatic nitrogens is 1. The van der Waals surface area contributed by atoms with Crippen molar-refractivity contribution in [3.05, 3.63) is 86.6 Å². The Morgan fingerprint density at radius 2 is 1.86 bits per heavy atom. The van der Waals surface area contributed by atoms with E-state index in [9.17, 15) is 23.1 Å². The molecule has 0 atom stereocenters. The van der Waals surface area contributed by atoms with Gasteiger partial charge in [0, 0.05) is 75.3 Å². The van der Waals surface area contributed by atoms with E-state index in [1.807, 2.05) is 0 Å². The van der Waals surface area contributed by atoms with Crippen LogP contribution in [0.4, 0.5) is 13.2 Å². The van der Waals surface area contributed by atoms with Crippen molar-refractivity contribution in [1.82, 2.24) is 4.57 Å². The summed E-state index contributed by atoms with van der Waals surface area (Å²) in [5.41, 5.74) is -1.48. The largest absolute Gasteiger partial charge is 0.506 e. The van der Waals surface area contributed by atoms with Gasteiger partial charge in [-0.05, 0) is 24.3 Å². The molecular formula is C19H10ClF3KN2O3. The molecule has 10 heteroatoms. The van der Waals surface area contributed by atoms with E-state index in [0.29, 0.717) is 6.07 Å². The first-order chi connectivity index (χ1) is 13.3. The number of phenolic OH excluding ortho intramolecular Hbond substituents is 1. The molecule has 1 radical (unpaired) electrons. The Bertz CT molecular complexity index is 1160. The van der Waals surface area contributed by atoms with Gasteiger partial charge >= 0.3 is 0 Å². The summed E-state index contributed by atoms with van der Waals surface area (Å²) in [4.78, 5) is 12.5. The van der Waals surface area contributed by atoms with E-state index in [-0.39, 0.29) is 74.9 Å². The van der Waals surface area contributed by atoms with Crippen LogP contribution in [0.25, 0.3) is 5.69 Å². The van der Waals surface area contributed by atoms with Crippen LogP contribution < -0.4 is 10.3 Å². The van der Waals surface area contributed by atoms with E-state index < -0.39 is 39.5 Å². The number of hydrogen-bond donors (Lipinski definition) is 1. The predicted molar refractivity (Wildman–Crippen MR) is 99.8 cm³/mol. The molecule has 1 N–H and O–H groups in total. The van der Waals surface area contributed by atoms with Crippen LogP contribution in [0.5, 0.6) is 11.5 Å². The van der Waals surface area contributed by atoms with Crippen molar-refractivity contribution in [2.75, 3.05) is 0 Å². The minimum absolute atomic E-state index is 0. The molecule has 0 saturated carbocycles. The van der Waals surface area contributed by atoms with Gasteiger partial charge in [-0.2, -0.15) is 5.26 Å². The zero-order valence-electron chi connectivity index (χ0n) is 14.9. The average Bonchev–Trinajstić information content (AvgIpc) is 2.65. The Morgan fingerprint density at radius 3 is 2.48 bits per heavy atom. The van der Waals surface area contributed by atoms with Crippen molar-refractivity contribution in [2.24, 2.45) is 0 Å². The molecule has 143 valence electrons. The van der Waals surface area contributed by atoms with E-state index in [1.54, 1.807) is 6.07 Å². The molecule has 1 aromatic heterocycles. The monoisotopic (exact) mass is 445 g/mol. The van der Waals surface area contributed by atoms with E-state index in [2.05, 4.69) is 0 Å². The summed E-state index contributed by atoms with van der Waals surface area (Å²) in [6.07, 6.45) is 1.11. The number of phenols is 1. The molecule has 1 heterocycles. The summed E-state index contributed by atoms with van der Waals surface area (Å²) in [5, 5.41) is 18.3. The Morgan fingerprint density at radius 1 is 1.14 bits per heavy atom. The number of rotatable bonds is 4. The number of benzene rings is 2. The van der Waals surface area contributed by atoms with Crippen molar-refractivity contribution < 1.29 is 23.0 Å². The second kappa shape index (κ2) is 9.80. The minimum atomic E-state index is -1.00. The molecule has 5 nitrogen and oxygen atoms in total. The van der Waals surface area contributed by atoms with Gasteiger partial charge in [0.25, 0.3) is 5.56 Å². The number of pyridine rings is 1. The average molecular weight is 446 g/mol. The van der Waals surface area contributed by atoms with Crippen LogP contribution in [0.15, 0.2) is 47.4 Å². The van der Waals surface area contributed by atoms with Gasteiger partial charge in [0.1, 0.15) is 40.5 Å². The smallest absolute Gasteiger partial charge is 0.277 e. The van der Waals surface area contributed by atoms with Crippen LogP contribution in [0.2, 0.25) is 5.02 Å². The molecule has 2 aromatic carbocycles. The fourth-order valence-corrected chi connectivity index (χ4v) is 2.67. The van der Waals surface area contributed by atoms with E-state index in [0.717, 1.165) is 29.0 Å². The SMILES string of the molecule is N#Cc1cc(O)c(-n2ccc(OCc3ccc(F)cc3F)c(Cl)c2=O)c(F)c1.[K]. The Kier molecular flexibility index (Phi) is 7.93. The molecule has 29 heavy (non-hydrogen) atoms. The molecule has 0 aliphatic carbocycles. The second-order valence-corrected chi connectivity index (χ2v) is 6.01. The molecule has 0 aliphatic heterocycles.